The summed E-state index contributed by atoms with van der Waals surface area (Å²) in [7, 11) is 0. The molecule has 0 amide bonds. The molecule has 0 aliphatic carbocycles. The summed E-state index contributed by atoms with van der Waals surface area (Å²) in [5, 5.41) is 0. The van der Waals surface area contributed by atoms with Gasteiger partial charge >= 0.3 is 0 Å². The Morgan fingerprint density at radius 3 is 2.75 bits per heavy atom. The summed E-state index contributed by atoms with van der Waals surface area (Å²) in [5.74, 6) is 0.704. The first-order valence-corrected chi connectivity index (χ1v) is 3.72. The van der Waals surface area contributed by atoms with E-state index in [9.17, 15) is 0 Å². The van der Waals surface area contributed by atoms with Gasteiger partial charge in [-0.05, 0) is 17.9 Å². The van der Waals surface area contributed by atoms with Crippen LogP contribution in [0.2, 0.25) is 0 Å². The van der Waals surface area contributed by atoms with Crippen molar-refractivity contribution < 1.29 is 0 Å². The lowest BCUT2D eigenvalue weighted by molar-refractivity contribution is 0.817. The van der Waals surface area contributed by atoms with Gasteiger partial charge < -0.3 is 0 Å². The third kappa shape index (κ3) is 1.26. The number of nitrogens with one attached hydrogen (secondary N) is 1. The molecule has 1 aliphatic heterocycles. The minimum absolute atomic E-state index is 0.704. The zero-order valence-electron chi connectivity index (χ0n) is 5.27. The Morgan fingerprint density at radius 1 is 1.75 bits per heavy atom. The highest BCUT2D eigenvalue weighted by atomic mass is 32.2. The van der Waals surface area contributed by atoms with Gasteiger partial charge in [0.25, 0.3) is 0 Å². The molecular weight excluding hydrogens is 118 g/mol. The topological polar surface area (TPSA) is 12.0 Å². The summed E-state index contributed by atoms with van der Waals surface area (Å²) >= 11 is 1.76. The van der Waals surface area contributed by atoms with Gasteiger partial charge in [-0.25, -0.2) is 0 Å². The van der Waals surface area contributed by atoms with Crippen LogP contribution in [0.3, 0.4) is 0 Å². The van der Waals surface area contributed by atoms with Crippen LogP contribution in [0.15, 0.2) is 11.0 Å². The van der Waals surface area contributed by atoms with E-state index in [1.807, 2.05) is 0 Å². The maximum absolute atomic E-state index is 3.18. The van der Waals surface area contributed by atoms with Crippen molar-refractivity contribution in [1.82, 2.24) is 4.72 Å². The Morgan fingerprint density at radius 2 is 2.50 bits per heavy atom. The molecule has 0 bridgehead atoms. The second-order valence-corrected chi connectivity index (χ2v) is 3.18. The van der Waals surface area contributed by atoms with Gasteiger partial charge in [-0.2, -0.15) is 0 Å². The Labute approximate surface area is 54.7 Å². The van der Waals surface area contributed by atoms with Gasteiger partial charge in [0.2, 0.25) is 0 Å². The van der Waals surface area contributed by atoms with Gasteiger partial charge in [-0.3, -0.25) is 4.72 Å². The molecule has 0 radical (unpaired) electrons. The Kier molecular flexibility index (Phi) is 1.97. The molecule has 1 aliphatic rings. The molecule has 0 saturated carbocycles. The molecule has 1 N–H and O–H groups in total. The zero-order chi connectivity index (χ0) is 5.98. The van der Waals surface area contributed by atoms with Crippen LogP contribution in [0.25, 0.3) is 0 Å². The fraction of sp³-hybridized carbons (Fsp3) is 0.667. The van der Waals surface area contributed by atoms with E-state index in [4.69, 9.17) is 0 Å². The Hall–Kier alpha value is 0.0500. The summed E-state index contributed by atoms with van der Waals surface area (Å²) in [4.78, 5) is 1.48. The second kappa shape index (κ2) is 2.55. The molecule has 0 unspecified atom stereocenters. The normalized spacial score (nSPS) is 19.6. The first-order chi connectivity index (χ1) is 3.80. The first-order valence-electron chi connectivity index (χ1n) is 2.90. The van der Waals surface area contributed by atoms with Crippen LogP contribution in [0.1, 0.15) is 13.8 Å². The van der Waals surface area contributed by atoms with Gasteiger partial charge in [0.1, 0.15) is 0 Å². The third-order valence-corrected chi connectivity index (χ3v) is 2.33. The lowest BCUT2D eigenvalue weighted by Crippen LogP contribution is -1.93. The highest BCUT2D eigenvalue weighted by Gasteiger charge is 2.06. The van der Waals surface area contributed by atoms with Crippen molar-refractivity contribution in [2.24, 2.45) is 5.92 Å². The quantitative estimate of drug-likeness (QED) is 0.542. The van der Waals surface area contributed by atoms with E-state index in [1.165, 1.54) is 4.91 Å². The molecule has 1 nitrogen and oxygen atoms in total. The van der Waals surface area contributed by atoms with E-state index in [2.05, 4.69) is 24.6 Å². The van der Waals surface area contributed by atoms with Gasteiger partial charge in [-0.15, -0.1) is 0 Å². The fourth-order valence-electron chi connectivity index (χ4n) is 0.662. The van der Waals surface area contributed by atoms with E-state index in [0.717, 1.165) is 6.54 Å². The molecular formula is C6H11NS. The van der Waals surface area contributed by atoms with Crippen molar-refractivity contribution in [2.75, 3.05) is 6.54 Å². The van der Waals surface area contributed by atoms with E-state index in [0.29, 0.717) is 5.92 Å². The maximum atomic E-state index is 3.18. The number of rotatable bonds is 1. The van der Waals surface area contributed by atoms with Gasteiger partial charge in [-0.1, -0.05) is 19.9 Å². The summed E-state index contributed by atoms with van der Waals surface area (Å²) in [6.45, 7) is 5.47. The second-order valence-electron chi connectivity index (χ2n) is 2.21. The Bertz CT molecular complexity index is 107. The molecule has 0 aromatic heterocycles. The van der Waals surface area contributed by atoms with E-state index in [-0.39, 0.29) is 0 Å². The van der Waals surface area contributed by atoms with Crippen molar-refractivity contribution in [3.05, 3.63) is 11.0 Å². The first kappa shape index (κ1) is 6.17. The zero-order valence-corrected chi connectivity index (χ0v) is 6.09. The minimum Gasteiger partial charge on any atom is -0.256 e. The van der Waals surface area contributed by atoms with Crippen LogP contribution < -0.4 is 4.72 Å². The number of allylic oxidation sites excluding steroid dienone is 1. The van der Waals surface area contributed by atoms with Crippen molar-refractivity contribution in [3.8, 4) is 0 Å². The molecule has 0 fully saturated rings. The minimum atomic E-state index is 0.704. The highest BCUT2D eigenvalue weighted by Crippen LogP contribution is 2.24. The van der Waals surface area contributed by atoms with Crippen molar-refractivity contribution in [1.29, 1.82) is 0 Å². The molecule has 0 spiro atoms. The Balaban J connectivity index is 2.45. The third-order valence-electron chi connectivity index (χ3n) is 1.15. The predicted molar refractivity (Wildman–Crippen MR) is 38.5 cm³/mol. The van der Waals surface area contributed by atoms with E-state index in [1.54, 1.807) is 11.9 Å². The van der Waals surface area contributed by atoms with E-state index < -0.39 is 0 Å². The predicted octanol–water partition coefficient (Wildman–Crippen LogP) is 1.78. The summed E-state index contributed by atoms with van der Waals surface area (Å²) in [5.41, 5.74) is 0. The van der Waals surface area contributed by atoms with Gasteiger partial charge in [0, 0.05) is 11.4 Å². The molecule has 1 rings (SSSR count). The molecule has 0 atom stereocenters. The SMILES string of the molecule is CC(C)C1=CCNS1. The molecule has 0 aromatic rings. The maximum Gasteiger partial charge on any atom is 0.0254 e. The van der Waals surface area contributed by atoms with Crippen molar-refractivity contribution in [2.45, 2.75) is 13.8 Å². The van der Waals surface area contributed by atoms with Crippen LogP contribution >= 0.6 is 11.9 Å². The number of hydrogen-bond donors (Lipinski definition) is 1. The van der Waals surface area contributed by atoms with Gasteiger partial charge in [0.05, 0.1) is 0 Å². The smallest absolute Gasteiger partial charge is 0.0254 e. The molecule has 1 heterocycles. The fourth-order valence-corrected chi connectivity index (χ4v) is 1.40. The molecule has 8 heavy (non-hydrogen) atoms. The highest BCUT2D eigenvalue weighted by molar-refractivity contribution is 8.01. The van der Waals surface area contributed by atoms with Crippen LogP contribution in [0.5, 0.6) is 0 Å². The average molecular weight is 129 g/mol. The van der Waals surface area contributed by atoms with Crippen LogP contribution in [-0.4, -0.2) is 6.54 Å². The lowest BCUT2D eigenvalue weighted by atomic mass is 10.2. The van der Waals surface area contributed by atoms with Crippen molar-refractivity contribution >= 4 is 11.9 Å². The number of hydrogen-bond acceptors (Lipinski definition) is 2. The molecule has 0 saturated heterocycles. The van der Waals surface area contributed by atoms with E-state index >= 15 is 0 Å². The van der Waals surface area contributed by atoms with Crippen LogP contribution in [0, 0.1) is 5.92 Å². The largest absolute Gasteiger partial charge is 0.256 e. The monoisotopic (exact) mass is 129 g/mol. The lowest BCUT2D eigenvalue weighted by Gasteiger charge is -2.01. The van der Waals surface area contributed by atoms with Gasteiger partial charge in [0.15, 0.2) is 0 Å². The van der Waals surface area contributed by atoms with Crippen molar-refractivity contribution in [3.63, 3.8) is 0 Å². The summed E-state index contributed by atoms with van der Waals surface area (Å²) in [6, 6.07) is 0. The summed E-state index contributed by atoms with van der Waals surface area (Å²) < 4.78 is 3.18. The van der Waals surface area contributed by atoms with Crippen LogP contribution in [0.4, 0.5) is 0 Å². The summed E-state index contributed by atoms with van der Waals surface area (Å²) in [6.07, 6.45) is 2.25. The standard InChI is InChI=1S/C6H11NS/c1-5(2)6-3-4-7-8-6/h3,5,7H,4H2,1-2H3. The molecule has 0 aromatic carbocycles. The van der Waals surface area contributed by atoms with Crippen LogP contribution in [-0.2, 0) is 0 Å². The molecule has 46 valence electrons. The average Bonchev–Trinajstić information content (AvgIpc) is 2.12. The molecule has 2 heteroatoms.